The molecule has 0 aliphatic heterocycles. The summed E-state index contributed by atoms with van der Waals surface area (Å²) in [7, 11) is 0. The maximum Gasteiger partial charge on any atom is 0.416 e. The van der Waals surface area contributed by atoms with E-state index in [1.54, 1.807) is 0 Å². The van der Waals surface area contributed by atoms with Gasteiger partial charge in [-0.05, 0) is 23.3 Å². The molecule has 0 aliphatic rings. The van der Waals surface area contributed by atoms with Gasteiger partial charge >= 0.3 is 6.18 Å². The fraction of sp³-hybridized carbons (Fsp3) is 0.222. The number of benzene rings is 2. The predicted molar refractivity (Wildman–Crippen MR) is 86.3 cm³/mol. The van der Waals surface area contributed by atoms with Crippen LogP contribution < -0.4 is 11.1 Å². The first-order valence-electron chi connectivity index (χ1n) is 7.75. The van der Waals surface area contributed by atoms with Gasteiger partial charge in [-0.25, -0.2) is 8.78 Å². The summed E-state index contributed by atoms with van der Waals surface area (Å²) in [5.74, 6) is -3.48. The Labute approximate surface area is 151 Å². The molecule has 0 radical (unpaired) electrons. The predicted octanol–water partition coefficient (Wildman–Crippen LogP) is 2.74. The van der Waals surface area contributed by atoms with E-state index in [4.69, 9.17) is 5.73 Å². The fourth-order valence-corrected chi connectivity index (χ4v) is 2.42. The van der Waals surface area contributed by atoms with Gasteiger partial charge in [0.25, 0.3) is 0 Å². The molecular formula is C18H15F5N2O2. The fourth-order valence-electron chi connectivity index (χ4n) is 2.42. The molecule has 0 heterocycles. The average molecular weight is 386 g/mol. The van der Waals surface area contributed by atoms with Crippen molar-refractivity contribution in [1.29, 1.82) is 0 Å². The summed E-state index contributed by atoms with van der Waals surface area (Å²) in [6.45, 7) is 0. The van der Waals surface area contributed by atoms with Crippen molar-refractivity contribution in [2.45, 2.75) is 25.1 Å². The summed E-state index contributed by atoms with van der Waals surface area (Å²) in [6, 6.07) is 5.63. The van der Waals surface area contributed by atoms with E-state index in [0.29, 0.717) is 6.07 Å². The quantitative estimate of drug-likeness (QED) is 0.750. The van der Waals surface area contributed by atoms with Crippen LogP contribution in [0.2, 0.25) is 0 Å². The van der Waals surface area contributed by atoms with E-state index in [9.17, 15) is 31.5 Å². The first kappa shape index (κ1) is 20.3. The second kappa shape index (κ2) is 8.15. The van der Waals surface area contributed by atoms with Crippen LogP contribution in [-0.4, -0.2) is 17.9 Å². The van der Waals surface area contributed by atoms with Gasteiger partial charge in [0.1, 0.15) is 17.7 Å². The lowest BCUT2D eigenvalue weighted by molar-refractivity contribution is -0.137. The molecule has 0 fully saturated rings. The second-order valence-electron chi connectivity index (χ2n) is 5.84. The highest BCUT2D eigenvalue weighted by molar-refractivity contribution is 5.87. The van der Waals surface area contributed by atoms with E-state index in [2.05, 4.69) is 5.32 Å². The minimum atomic E-state index is -4.55. The molecule has 3 N–H and O–H groups in total. The van der Waals surface area contributed by atoms with E-state index in [0.717, 1.165) is 24.3 Å². The Hall–Kier alpha value is -2.97. The van der Waals surface area contributed by atoms with Crippen LogP contribution in [0.1, 0.15) is 16.7 Å². The number of carbonyl (C=O) groups is 2. The third kappa shape index (κ3) is 5.77. The third-order valence-corrected chi connectivity index (χ3v) is 3.74. The van der Waals surface area contributed by atoms with Gasteiger partial charge < -0.3 is 11.1 Å². The highest BCUT2D eigenvalue weighted by atomic mass is 19.4. The van der Waals surface area contributed by atoms with Crippen molar-refractivity contribution in [3.05, 3.63) is 70.8 Å². The molecule has 2 rings (SSSR count). The number of nitrogens with two attached hydrogens (primary N) is 1. The molecule has 4 nitrogen and oxygen atoms in total. The Balaban J connectivity index is 2.09. The SMILES string of the molecule is NC(=O)[C@H](Cc1cccc(C(F)(F)F)c1)NC(=O)Cc1ccc(F)cc1F. The van der Waals surface area contributed by atoms with Gasteiger partial charge in [0.15, 0.2) is 0 Å². The summed E-state index contributed by atoms with van der Waals surface area (Å²) in [4.78, 5) is 23.6. The lowest BCUT2D eigenvalue weighted by atomic mass is 10.0. The van der Waals surface area contributed by atoms with Crippen LogP contribution in [0.15, 0.2) is 42.5 Å². The minimum Gasteiger partial charge on any atom is -0.368 e. The highest BCUT2D eigenvalue weighted by Gasteiger charge is 2.30. The van der Waals surface area contributed by atoms with Crippen molar-refractivity contribution in [2.75, 3.05) is 0 Å². The second-order valence-corrected chi connectivity index (χ2v) is 5.84. The highest BCUT2D eigenvalue weighted by Crippen LogP contribution is 2.29. The number of primary amides is 1. The van der Waals surface area contributed by atoms with Crippen LogP contribution >= 0.6 is 0 Å². The Kier molecular flexibility index (Phi) is 6.14. The summed E-state index contributed by atoms with van der Waals surface area (Å²) in [5, 5.41) is 2.26. The van der Waals surface area contributed by atoms with Crippen molar-refractivity contribution in [1.82, 2.24) is 5.32 Å². The van der Waals surface area contributed by atoms with Crippen molar-refractivity contribution < 1.29 is 31.5 Å². The maximum atomic E-state index is 13.6. The number of amides is 2. The normalized spacial score (nSPS) is 12.5. The summed E-state index contributed by atoms with van der Waals surface area (Å²) < 4.78 is 64.7. The van der Waals surface area contributed by atoms with E-state index in [1.165, 1.54) is 12.1 Å². The van der Waals surface area contributed by atoms with Gasteiger partial charge in [-0.2, -0.15) is 13.2 Å². The number of alkyl halides is 3. The smallest absolute Gasteiger partial charge is 0.368 e. The molecule has 144 valence electrons. The molecule has 0 saturated heterocycles. The molecule has 2 aromatic rings. The Bertz CT molecular complexity index is 852. The third-order valence-electron chi connectivity index (χ3n) is 3.74. The van der Waals surface area contributed by atoms with Crippen LogP contribution in [0.3, 0.4) is 0 Å². The topological polar surface area (TPSA) is 72.2 Å². The number of rotatable bonds is 6. The number of nitrogens with one attached hydrogen (secondary N) is 1. The van der Waals surface area contributed by atoms with Gasteiger partial charge in [0, 0.05) is 12.5 Å². The van der Waals surface area contributed by atoms with Gasteiger partial charge in [0.2, 0.25) is 11.8 Å². The van der Waals surface area contributed by atoms with Crippen molar-refractivity contribution >= 4 is 11.8 Å². The van der Waals surface area contributed by atoms with Gasteiger partial charge in [-0.3, -0.25) is 9.59 Å². The van der Waals surface area contributed by atoms with Gasteiger partial charge in [-0.1, -0.05) is 24.3 Å². The Morgan fingerprint density at radius 1 is 1.07 bits per heavy atom. The zero-order chi connectivity index (χ0) is 20.2. The Morgan fingerprint density at radius 2 is 1.78 bits per heavy atom. The van der Waals surface area contributed by atoms with Crippen molar-refractivity contribution in [3.63, 3.8) is 0 Å². The van der Waals surface area contributed by atoms with E-state index < -0.39 is 47.7 Å². The van der Waals surface area contributed by atoms with Gasteiger partial charge in [0.05, 0.1) is 12.0 Å². The van der Waals surface area contributed by atoms with Crippen molar-refractivity contribution in [3.8, 4) is 0 Å². The Morgan fingerprint density at radius 3 is 2.37 bits per heavy atom. The molecule has 1 atom stereocenters. The average Bonchev–Trinajstić information content (AvgIpc) is 2.56. The molecule has 9 heteroatoms. The van der Waals surface area contributed by atoms with Crippen molar-refractivity contribution in [2.24, 2.45) is 5.73 Å². The zero-order valence-corrected chi connectivity index (χ0v) is 13.8. The number of hydrogen-bond donors (Lipinski definition) is 2. The number of hydrogen-bond acceptors (Lipinski definition) is 2. The molecule has 2 amide bonds. The van der Waals surface area contributed by atoms with Crippen LogP contribution in [-0.2, 0) is 28.6 Å². The molecule has 0 spiro atoms. The molecule has 0 saturated carbocycles. The first-order chi connectivity index (χ1) is 12.6. The minimum absolute atomic E-state index is 0.101. The zero-order valence-electron chi connectivity index (χ0n) is 13.8. The summed E-state index contributed by atoms with van der Waals surface area (Å²) in [6.07, 6.45) is -5.31. The lowest BCUT2D eigenvalue weighted by Gasteiger charge is -2.17. The molecule has 0 aliphatic carbocycles. The standard InChI is InChI=1S/C18H15F5N2O2/c19-13-5-4-11(14(20)9-13)8-16(26)25-15(17(24)27)7-10-2-1-3-12(6-10)18(21,22)23/h1-6,9,15H,7-8H2,(H2,24,27)(H,25,26)/t15-/m0/s1. The molecule has 2 aromatic carbocycles. The summed E-state index contributed by atoms with van der Waals surface area (Å²) in [5.41, 5.74) is 4.34. The lowest BCUT2D eigenvalue weighted by Crippen LogP contribution is -2.46. The van der Waals surface area contributed by atoms with E-state index in [-0.39, 0.29) is 17.5 Å². The van der Waals surface area contributed by atoms with Crippen LogP contribution in [0, 0.1) is 11.6 Å². The van der Waals surface area contributed by atoms with Crippen LogP contribution in [0.5, 0.6) is 0 Å². The summed E-state index contributed by atoms with van der Waals surface area (Å²) >= 11 is 0. The van der Waals surface area contributed by atoms with E-state index >= 15 is 0 Å². The molecule has 0 aromatic heterocycles. The molecule has 27 heavy (non-hydrogen) atoms. The van der Waals surface area contributed by atoms with Crippen LogP contribution in [0.4, 0.5) is 22.0 Å². The van der Waals surface area contributed by atoms with Gasteiger partial charge in [-0.15, -0.1) is 0 Å². The monoisotopic (exact) mass is 386 g/mol. The van der Waals surface area contributed by atoms with Crippen LogP contribution in [0.25, 0.3) is 0 Å². The number of halogens is 5. The first-order valence-corrected chi connectivity index (χ1v) is 7.75. The number of carbonyl (C=O) groups excluding carboxylic acids is 2. The van der Waals surface area contributed by atoms with E-state index in [1.807, 2.05) is 0 Å². The molecule has 0 bridgehead atoms. The molecule has 0 unspecified atom stereocenters. The molecular weight excluding hydrogens is 371 g/mol. The maximum absolute atomic E-state index is 13.6. The largest absolute Gasteiger partial charge is 0.416 e.